The molecular formula is C20H26N3O3S+. The van der Waals surface area contributed by atoms with Crippen LogP contribution in [0.4, 0.5) is 5.69 Å². The predicted octanol–water partition coefficient (Wildman–Crippen LogP) is 0.831. The topological polar surface area (TPSA) is 70.9 Å². The normalized spacial score (nSPS) is 16.2. The van der Waals surface area contributed by atoms with Gasteiger partial charge in [-0.25, -0.2) is 8.42 Å². The lowest BCUT2D eigenvalue weighted by atomic mass is 10.2. The summed E-state index contributed by atoms with van der Waals surface area (Å²) in [5.41, 5.74) is 2.47. The molecule has 144 valence electrons. The van der Waals surface area contributed by atoms with Gasteiger partial charge < -0.3 is 10.2 Å². The average Bonchev–Trinajstić information content (AvgIpc) is 2.65. The van der Waals surface area contributed by atoms with E-state index in [0.717, 1.165) is 21.7 Å². The number of hydrogen-bond acceptors (Lipinski definition) is 3. The van der Waals surface area contributed by atoms with Gasteiger partial charge in [0.15, 0.2) is 6.54 Å². The Bertz CT molecular complexity index is 905. The molecule has 0 atom stereocenters. The van der Waals surface area contributed by atoms with E-state index in [1.807, 2.05) is 56.3 Å². The summed E-state index contributed by atoms with van der Waals surface area (Å²) in [5, 5.41) is 2.88. The number of amides is 1. The maximum Gasteiger partial charge on any atom is 0.279 e. The molecule has 2 aromatic carbocycles. The van der Waals surface area contributed by atoms with Crippen LogP contribution in [0.15, 0.2) is 53.4 Å². The summed E-state index contributed by atoms with van der Waals surface area (Å²) in [6.07, 6.45) is 0. The summed E-state index contributed by atoms with van der Waals surface area (Å²) >= 11 is 0. The van der Waals surface area contributed by atoms with Crippen molar-refractivity contribution in [2.75, 3.05) is 38.0 Å². The van der Waals surface area contributed by atoms with Gasteiger partial charge in [0.2, 0.25) is 10.0 Å². The lowest BCUT2D eigenvalue weighted by molar-refractivity contribution is -0.895. The van der Waals surface area contributed by atoms with Crippen molar-refractivity contribution in [1.82, 2.24) is 4.31 Å². The van der Waals surface area contributed by atoms with E-state index in [4.69, 9.17) is 0 Å². The highest BCUT2D eigenvalue weighted by atomic mass is 32.2. The number of hydrogen-bond donors (Lipinski definition) is 2. The molecule has 2 aromatic rings. The largest absolute Gasteiger partial charge is 0.325 e. The molecule has 1 aliphatic rings. The third kappa shape index (κ3) is 4.74. The molecule has 6 nitrogen and oxygen atoms in total. The van der Waals surface area contributed by atoms with Crippen LogP contribution in [-0.2, 0) is 14.8 Å². The molecule has 0 spiro atoms. The maximum atomic E-state index is 13.0. The zero-order valence-corrected chi connectivity index (χ0v) is 16.6. The van der Waals surface area contributed by atoms with E-state index in [-0.39, 0.29) is 5.91 Å². The first-order valence-electron chi connectivity index (χ1n) is 9.12. The summed E-state index contributed by atoms with van der Waals surface area (Å²) in [6, 6.07) is 14.8. The first-order valence-corrected chi connectivity index (χ1v) is 10.6. The van der Waals surface area contributed by atoms with Gasteiger partial charge in [-0.15, -0.1) is 0 Å². The molecule has 2 N–H and O–H groups in total. The molecule has 0 bridgehead atoms. The number of nitrogens with zero attached hydrogens (tertiary/aromatic N) is 1. The van der Waals surface area contributed by atoms with Gasteiger partial charge in [-0.2, -0.15) is 4.31 Å². The molecule has 1 amide bonds. The number of nitrogens with one attached hydrogen (secondary N) is 2. The zero-order chi connectivity index (χ0) is 19.4. The van der Waals surface area contributed by atoms with Crippen molar-refractivity contribution in [2.24, 2.45) is 0 Å². The number of sulfonamides is 1. The van der Waals surface area contributed by atoms with Crippen molar-refractivity contribution in [1.29, 1.82) is 0 Å². The van der Waals surface area contributed by atoms with Crippen molar-refractivity contribution < 1.29 is 18.1 Å². The minimum atomic E-state index is -3.50. The maximum absolute atomic E-state index is 13.0. The average molecular weight is 389 g/mol. The van der Waals surface area contributed by atoms with E-state index in [2.05, 4.69) is 5.32 Å². The number of carbonyl (C=O) groups excluding carboxylic acids is 1. The molecular weight excluding hydrogens is 362 g/mol. The zero-order valence-electron chi connectivity index (χ0n) is 15.7. The number of anilines is 1. The van der Waals surface area contributed by atoms with Gasteiger partial charge in [0.05, 0.1) is 31.1 Å². The van der Waals surface area contributed by atoms with Crippen LogP contribution in [0.3, 0.4) is 0 Å². The van der Waals surface area contributed by atoms with Crippen molar-refractivity contribution >= 4 is 21.6 Å². The Balaban J connectivity index is 1.58. The number of aryl methyl sites for hydroxylation is 2. The van der Waals surface area contributed by atoms with E-state index in [9.17, 15) is 13.2 Å². The summed E-state index contributed by atoms with van der Waals surface area (Å²) in [6.45, 7) is 6.13. The lowest BCUT2D eigenvalue weighted by Gasteiger charge is -2.31. The molecule has 0 radical (unpaired) electrons. The molecule has 0 aromatic heterocycles. The quantitative estimate of drug-likeness (QED) is 0.797. The smallest absolute Gasteiger partial charge is 0.279 e. The summed E-state index contributed by atoms with van der Waals surface area (Å²) in [7, 11) is -3.50. The van der Waals surface area contributed by atoms with Gasteiger partial charge in [-0.3, -0.25) is 4.79 Å². The minimum Gasteiger partial charge on any atom is -0.325 e. The first kappa shape index (κ1) is 19.5. The second-order valence-corrected chi connectivity index (χ2v) is 8.92. The third-order valence-corrected chi connectivity index (χ3v) is 6.90. The first-order chi connectivity index (χ1) is 12.9. The standard InChI is InChI=1S/C20H25N3O3S/c1-16-8-9-17(2)19(14-16)27(25,26)23-12-10-22(11-13-23)15-20(24)21-18-6-4-3-5-7-18/h3-9,14H,10-13,15H2,1-2H3,(H,21,24)/p+1. The van der Waals surface area contributed by atoms with Gasteiger partial charge in [-0.1, -0.05) is 30.3 Å². The van der Waals surface area contributed by atoms with Crippen LogP contribution < -0.4 is 10.2 Å². The van der Waals surface area contributed by atoms with Crippen LogP contribution in [0.1, 0.15) is 11.1 Å². The number of carbonyl (C=O) groups is 1. The summed E-state index contributed by atoms with van der Waals surface area (Å²) < 4.78 is 27.5. The molecule has 1 aliphatic heterocycles. The number of benzene rings is 2. The van der Waals surface area contributed by atoms with Crippen molar-refractivity contribution in [3.8, 4) is 0 Å². The number of rotatable bonds is 5. The van der Waals surface area contributed by atoms with Gasteiger partial charge in [-0.05, 0) is 43.2 Å². The fourth-order valence-electron chi connectivity index (χ4n) is 3.30. The van der Waals surface area contributed by atoms with Crippen molar-refractivity contribution in [3.63, 3.8) is 0 Å². The Hall–Kier alpha value is -2.22. The van der Waals surface area contributed by atoms with Gasteiger partial charge >= 0.3 is 0 Å². The van der Waals surface area contributed by atoms with E-state index in [0.29, 0.717) is 37.6 Å². The number of piperazine rings is 1. The van der Waals surface area contributed by atoms with Crippen LogP contribution in [0.5, 0.6) is 0 Å². The highest BCUT2D eigenvalue weighted by molar-refractivity contribution is 7.89. The van der Waals surface area contributed by atoms with Crippen LogP contribution >= 0.6 is 0 Å². The molecule has 27 heavy (non-hydrogen) atoms. The van der Waals surface area contributed by atoms with Gasteiger partial charge in [0.1, 0.15) is 0 Å². The van der Waals surface area contributed by atoms with Gasteiger partial charge in [0, 0.05) is 5.69 Å². The third-order valence-electron chi connectivity index (χ3n) is 4.86. The Morgan fingerprint density at radius 2 is 1.74 bits per heavy atom. The highest BCUT2D eigenvalue weighted by Gasteiger charge is 2.32. The Morgan fingerprint density at radius 1 is 1.07 bits per heavy atom. The summed E-state index contributed by atoms with van der Waals surface area (Å²) in [4.78, 5) is 13.7. The molecule has 0 unspecified atom stereocenters. The van der Waals surface area contributed by atoms with E-state index in [1.54, 1.807) is 6.07 Å². The lowest BCUT2D eigenvalue weighted by Crippen LogP contribution is -3.15. The highest BCUT2D eigenvalue weighted by Crippen LogP contribution is 2.21. The second kappa shape index (κ2) is 8.21. The van der Waals surface area contributed by atoms with Crippen LogP contribution in [0.25, 0.3) is 0 Å². The minimum absolute atomic E-state index is 0.0537. The van der Waals surface area contributed by atoms with Crippen LogP contribution in [-0.4, -0.2) is 51.4 Å². The summed E-state index contributed by atoms with van der Waals surface area (Å²) in [5.74, 6) is -0.0537. The number of para-hydroxylation sites is 1. The molecule has 1 saturated heterocycles. The Morgan fingerprint density at radius 3 is 2.41 bits per heavy atom. The second-order valence-electron chi connectivity index (χ2n) is 7.01. The number of quaternary nitrogens is 1. The molecule has 7 heteroatoms. The molecule has 1 fully saturated rings. The fraction of sp³-hybridized carbons (Fsp3) is 0.350. The molecule has 1 heterocycles. The fourth-order valence-corrected chi connectivity index (χ4v) is 5.05. The van der Waals surface area contributed by atoms with Crippen molar-refractivity contribution in [2.45, 2.75) is 18.7 Å². The molecule has 0 saturated carbocycles. The molecule has 0 aliphatic carbocycles. The van der Waals surface area contributed by atoms with Gasteiger partial charge in [0.25, 0.3) is 5.91 Å². The Labute approximate surface area is 160 Å². The van der Waals surface area contributed by atoms with E-state index < -0.39 is 10.0 Å². The Kier molecular flexibility index (Phi) is 5.94. The van der Waals surface area contributed by atoms with E-state index in [1.165, 1.54) is 4.31 Å². The molecule has 3 rings (SSSR count). The van der Waals surface area contributed by atoms with E-state index >= 15 is 0 Å². The van der Waals surface area contributed by atoms with Crippen molar-refractivity contribution in [3.05, 3.63) is 59.7 Å². The monoisotopic (exact) mass is 388 g/mol. The van der Waals surface area contributed by atoms with Crippen LogP contribution in [0, 0.1) is 13.8 Å². The predicted molar refractivity (Wildman–Crippen MR) is 105 cm³/mol. The SMILES string of the molecule is Cc1ccc(C)c(S(=O)(=O)N2CC[NH+](CC(=O)Nc3ccccc3)CC2)c1. The van der Waals surface area contributed by atoms with Crippen LogP contribution in [0.2, 0.25) is 0 Å².